The van der Waals surface area contributed by atoms with Crippen LogP contribution in [0.5, 0.6) is 0 Å². The van der Waals surface area contributed by atoms with Crippen LogP contribution in [0.4, 0.5) is 5.82 Å². The fourth-order valence-corrected chi connectivity index (χ4v) is 1.99. The number of anilines is 1. The van der Waals surface area contributed by atoms with Gasteiger partial charge in [-0.05, 0) is 18.9 Å². The first-order valence-corrected chi connectivity index (χ1v) is 5.56. The largest absolute Gasteiger partial charge is 0.381 e. The Labute approximate surface area is 93.4 Å². The summed E-state index contributed by atoms with van der Waals surface area (Å²) in [6.07, 6.45) is 5.66. The zero-order valence-electron chi connectivity index (χ0n) is 8.97. The summed E-state index contributed by atoms with van der Waals surface area (Å²) in [5, 5.41) is 7.73. The second-order valence-electron chi connectivity index (χ2n) is 3.96. The molecular formula is C11H14N4O. The smallest absolute Gasteiger partial charge is 0.157 e. The van der Waals surface area contributed by atoms with Gasteiger partial charge in [0, 0.05) is 31.5 Å². The molecule has 16 heavy (non-hydrogen) atoms. The molecule has 0 saturated carbocycles. The minimum atomic E-state index is 0.476. The minimum absolute atomic E-state index is 0.476. The molecule has 0 bridgehead atoms. The number of aromatic nitrogens is 3. The van der Waals surface area contributed by atoms with Crippen molar-refractivity contribution in [3.8, 4) is 0 Å². The van der Waals surface area contributed by atoms with Crippen LogP contribution in [0.3, 0.4) is 0 Å². The third-order valence-corrected chi connectivity index (χ3v) is 2.86. The van der Waals surface area contributed by atoms with Crippen LogP contribution in [0.2, 0.25) is 0 Å². The molecule has 3 heterocycles. The van der Waals surface area contributed by atoms with Crippen LogP contribution in [-0.4, -0.2) is 33.9 Å². The van der Waals surface area contributed by atoms with Crippen molar-refractivity contribution in [3.63, 3.8) is 0 Å². The quantitative estimate of drug-likeness (QED) is 0.826. The van der Waals surface area contributed by atoms with E-state index in [1.54, 1.807) is 12.4 Å². The van der Waals surface area contributed by atoms with E-state index in [0.29, 0.717) is 6.04 Å². The van der Waals surface area contributed by atoms with E-state index in [0.717, 1.165) is 37.5 Å². The number of hydrogen-bond donors (Lipinski definition) is 1. The SMILES string of the molecule is c1cc(NC2CCOCC2)n2nccc2n1. The summed E-state index contributed by atoms with van der Waals surface area (Å²) in [5.41, 5.74) is 0.872. The Balaban J connectivity index is 1.85. The molecule has 1 aliphatic heterocycles. The van der Waals surface area contributed by atoms with Crippen LogP contribution in [-0.2, 0) is 4.74 Å². The van der Waals surface area contributed by atoms with E-state index in [1.165, 1.54) is 0 Å². The van der Waals surface area contributed by atoms with Crippen molar-refractivity contribution in [2.75, 3.05) is 18.5 Å². The Morgan fingerprint density at radius 1 is 1.25 bits per heavy atom. The maximum absolute atomic E-state index is 5.34. The van der Waals surface area contributed by atoms with E-state index in [4.69, 9.17) is 4.74 Å². The molecule has 1 N–H and O–H groups in total. The average Bonchev–Trinajstić information content (AvgIpc) is 2.80. The van der Waals surface area contributed by atoms with Crippen molar-refractivity contribution < 1.29 is 4.74 Å². The molecule has 2 aromatic heterocycles. The van der Waals surface area contributed by atoms with Crippen molar-refractivity contribution in [2.24, 2.45) is 0 Å². The first-order chi connectivity index (χ1) is 7.93. The lowest BCUT2D eigenvalue weighted by atomic mass is 10.1. The van der Waals surface area contributed by atoms with Gasteiger partial charge in [-0.25, -0.2) is 4.98 Å². The first kappa shape index (κ1) is 9.59. The predicted octanol–water partition coefficient (Wildman–Crippen LogP) is 1.32. The maximum Gasteiger partial charge on any atom is 0.157 e. The van der Waals surface area contributed by atoms with Crippen LogP contribution >= 0.6 is 0 Å². The fraction of sp³-hybridized carbons (Fsp3) is 0.455. The Morgan fingerprint density at radius 3 is 3.00 bits per heavy atom. The molecule has 0 amide bonds. The molecule has 2 aromatic rings. The number of nitrogens with zero attached hydrogens (tertiary/aromatic N) is 3. The molecule has 0 atom stereocenters. The Bertz CT molecular complexity index is 476. The molecule has 5 heteroatoms. The second-order valence-corrected chi connectivity index (χ2v) is 3.96. The number of nitrogens with one attached hydrogen (secondary N) is 1. The monoisotopic (exact) mass is 218 g/mol. The van der Waals surface area contributed by atoms with Gasteiger partial charge in [0.2, 0.25) is 0 Å². The van der Waals surface area contributed by atoms with Gasteiger partial charge in [0.25, 0.3) is 0 Å². The average molecular weight is 218 g/mol. The maximum atomic E-state index is 5.34. The molecule has 0 unspecified atom stereocenters. The molecule has 0 radical (unpaired) electrons. The number of rotatable bonds is 2. The van der Waals surface area contributed by atoms with Gasteiger partial charge in [-0.1, -0.05) is 0 Å². The molecule has 5 nitrogen and oxygen atoms in total. The van der Waals surface area contributed by atoms with Crippen molar-refractivity contribution in [1.29, 1.82) is 0 Å². The topological polar surface area (TPSA) is 51.5 Å². The van der Waals surface area contributed by atoms with Gasteiger partial charge in [0.15, 0.2) is 5.65 Å². The van der Waals surface area contributed by atoms with Crippen molar-refractivity contribution >= 4 is 11.5 Å². The summed E-state index contributed by atoms with van der Waals surface area (Å²) >= 11 is 0. The van der Waals surface area contributed by atoms with E-state index >= 15 is 0 Å². The van der Waals surface area contributed by atoms with Crippen LogP contribution in [0, 0.1) is 0 Å². The van der Waals surface area contributed by atoms with Gasteiger partial charge in [-0.3, -0.25) is 0 Å². The molecule has 0 spiro atoms. The van der Waals surface area contributed by atoms with Gasteiger partial charge in [0.05, 0.1) is 6.20 Å². The van der Waals surface area contributed by atoms with Crippen molar-refractivity contribution in [1.82, 2.24) is 14.6 Å². The molecule has 3 rings (SSSR count). The molecule has 84 valence electrons. The minimum Gasteiger partial charge on any atom is -0.381 e. The van der Waals surface area contributed by atoms with Crippen LogP contribution in [0.25, 0.3) is 5.65 Å². The highest BCUT2D eigenvalue weighted by atomic mass is 16.5. The lowest BCUT2D eigenvalue weighted by Crippen LogP contribution is -2.28. The summed E-state index contributed by atoms with van der Waals surface area (Å²) in [7, 11) is 0. The molecule has 0 aliphatic carbocycles. The summed E-state index contributed by atoms with van der Waals surface area (Å²) in [6.45, 7) is 1.68. The van der Waals surface area contributed by atoms with Crippen LogP contribution in [0.1, 0.15) is 12.8 Å². The van der Waals surface area contributed by atoms with Gasteiger partial charge < -0.3 is 10.1 Å². The highest BCUT2D eigenvalue weighted by molar-refractivity contribution is 5.47. The normalized spacial score (nSPS) is 17.8. The van der Waals surface area contributed by atoms with E-state index < -0.39 is 0 Å². The molecular weight excluding hydrogens is 204 g/mol. The predicted molar refractivity (Wildman–Crippen MR) is 60.5 cm³/mol. The molecule has 1 aliphatic rings. The lowest BCUT2D eigenvalue weighted by molar-refractivity contribution is 0.0903. The second kappa shape index (κ2) is 4.09. The third-order valence-electron chi connectivity index (χ3n) is 2.86. The van der Waals surface area contributed by atoms with E-state index in [2.05, 4.69) is 15.4 Å². The summed E-state index contributed by atoms with van der Waals surface area (Å²) in [5.74, 6) is 1.00. The molecule has 0 aromatic carbocycles. The van der Waals surface area contributed by atoms with E-state index in [1.807, 2.05) is 16.6 Å². The summed E-state index contributed by atoms with van der Waals surface area (Å²) in [4.78, 5) is 4.23. The molecule has 1 saturated heterocycles. The summed E-state index contributed by atoms with van der Waals surface area (Å²) < 4.78 is 7.16. The van der Waals surface area contributed by atoms with E-state index in [-0.39, 0.29) is 0 Å². The van der Waals surface area contributed by atoms with Gasteiger partial charge >= 0.3 is 0 Å². The number of ether oxygens (including phenoxy) is 1. The number of fused-ring (bicyclic) bond motifs is 1. The van der Waals surface area contributed by atoms with E-state index in [9.17, 15) is 0 Å². The highest BCUT2D eigenvalue weighted by Gasteiger charge is 2.14. The first-order valence-electron chi connectivity index (χ1n) is 5.56. The van der Waals surface area contributed by atoms with Gasteiger partial charge in [-0.15, -0.1) is 0 Å². The fourth-order valence-electron chi connectivity index (χ4n) is 1.99. The Hall–Kier alpha value is -1.62. The zero-order chi connectivity index (χ0) is 10.8. The van der Waals surface area contributed by atoms with Crippen LogP contribution in [0.15, 0.2) is 24.5 Å². The number of hydrogen-bond acceptors (Lipinski definition) is 4. The van der Waals surface area contributed by atoms with Crippen molar-refractivity contribution in [2.45, 2.75) is 18.9 Å². The molecule has 1 fully saturated rings. The summed E-state index contributed by atoms with van der Waals surface area (Å²) in [6, 6.07) is 4.33. The zero-order valence-corrected chi connectivity index (χ0v) is 8.97. The third kappa shape index (κ3) is 1.74. The standard InChI is InChI=1S/C11H14N4O/c1-5-12-10-2-6-13-15(10)11(1)14-9-3-7-16-8-4-9/h1-2,5-6,9,14H,3-4,7-8H2. The Morgan fingerprint density at radius 2 is 2.12 bits per heavy atom. The van der Waals surface area contributed by atoms with Crippen molar-refractivity contribution in [3.05, 3.63) is 24.5 Å². The lowest BCUT2D eigenvalue weighted by Gasteiger charge is -2.24. The Kier molecular flexibility index (Phi) is 2.46. The van der Waals surface area contributed by atoms with Crippen LogP contribution < -0.4 is 5.32 Å². The van der Waals surface area contributed by atoms with Gasteiger partial charge in [0.1, 0.15) is 5.82 Å². The highest BCUT2D eigenvalue weighted by Crippen LogP contribution is 2.15. The van der Waals surface area contributed by atoms with Gasteiger partial charge in [-0.2, -0.15) is 9.61 Å².